The minimum Gasteiger partial charge on any atom is -0.497 e. The zero-order valence-corrected chi connectivity index (χ0v) is 14.5. The molecule has 4 nitrogen and oxygen atoms in total. The second-order valence-electron chi connectivity index (χ2n) is 5.72. The molecule has 0 saturated heterocycles. The molecule has 0 unspecified atom stereocenters. The van der Waals surface area contributed by atoms with E-state index >= 15 is 0 Å². The molecule has 0 aliphatic carbocycles. The van der Waals surface area contributed by atoms with Crippen molar-refractivity contribution in [3.63, 3.8) is 0 Å². The summed E-state index contributed by atoms with van der Waals surface area (Å²) in [4.78, 5) is 3.62. The van der Waals surface area contributed by atoms with Crippen LogP contribution >= 0.6 is 0 Å². The van der Waals surface area contributed by atoms with Crippen molar-refractivity contribution in [1.29, 1.82) is 0 Å². The van der Waals surface area contributed by atoms with Gasteiger partial charge in [0.25, 0.3) is 0 Å². The predicted octanol–water partition coefficient (Wildman–Crippen LogP) is 4.00. The van der Waals surface area contributed by atoms with Gasteiger partial charge in [-0.05, 0) is 74.2 Å². The number of aryl methyl sites for hydroxylation is 4. The number of rotatable bonds is 4. The van der Waals surface area contributed by atoms with Gasteiger partial charge in [-0.1, -0.05) is 0 Å². The smallest absolute Gasteiger partial charge is 0.330 e. The topological polar surface area (TPSA) is 54.9 Å². The molecule has 0 heterocycles. The van der Waals surface area contributed by atoms with Crippen LogP contribution in [0.1, 0.15) is 33.4 Å². The summed E-state index contributed by atoms with van der Waals surface area (Å²) in [6.07, 6.45) is 0. The van der Waals surface area contributed by atoms with Gasteiger partial charge in [0.05, 0.1) is 25.3 Å². The van der Waals surface area contributed by atoms with Gasteiger partial charge >= 0.3 is 5.71 Å². The van der Waals surface area contributed by atoms with Gasteiger partial charge in [-0.2, -0.15) is 4.79 Å². The van der Waals surface area contributed by atoms with E-state index in [0.29, 0.717) is 5.71 Å². The average Bonchev–Trinajstić information content (AvgIpc) is 2.51. The van der Waals surface area contributed by atoms with Crippen LogP contribution in [0.2, 0.25) is 0 Å². The molecule has 0 N–H and O–H groups in total. The fraction of sp³-hybridized carbons (Fsp3) is 0.316. The van der Waals surface area contributed by atoms with Gasteiger partial charge < -0.3 is 15.0 Å². The Morgan fingerprint density at radius 2 is 1.04 bits per heavy atom. The highest BCUT2D eigenvalue weighted by molar-refractivity contribution is 6.12. The van der Waals surface area contributed by atoms with Crippen LogP contribution in [0, 0.1) is 27.7 Å². The van der Waals surface area contributed by atoms with Crippen LogP contribution in [0.4, 0.5) is 0 Å². The average molecular weight is 310 g/mol. The van der Waals surface area contributed by atoms with E-state index in [1.165, 1.54) is 0 Å². The molecular weight excluding hydrogens is 288 g/mol. The van der Waals surface area contributed by atoms with Crippen LogP contribution < -0.4 is 9.47 Å². The Balaban J connectivity index is 2.71. The zero-order valence-electron chi connectivity index (χ0n) is 14.5. The van der Waals surface area contributed by atoms with E-state index in [4.69, 9.17) is 9.47 Å². The lowest BCUT2D eigenvalue weighted by atomic mass is 9.89. The lowest BCUT2D eigenvalue weighted by molar-refractivity contribution is -0.00295. The summed E-state index contributed by atoms with van der Waals surface area (Å²) in [6.45, 7) is 7.96. The second-order valence-corrected chi connectivity index (χ2v) is 5.72. The Bertz CT molecular complexity index is 696. The second kappa shape index (κ2) is 6.67. The van der Waals surface area contributed by atoms with Crippen LogP contribution in [0.3, 0.4) is 0 Å². The molecule has 0 radical (unpaired) electrons. The lowest BCUT2D eigenvalue weighted by Crippen LogP contribution is -2.13. The Kier molecular flexibility index (Phi) is 4.87. The van der Waals surface area contributed by atoms with E-state index in [2.05, 4.69) is 4.79 Å². The zero-order chi connectivity index (χ0) is 17.1. The fourth-order valence-corrected chi connectivity index (χ4v) is 3.06. The first-order valence-electron chi connectivity index (χ1n) is 7.46. The molecule has 2 aromatic carbocycles. The number of benzene rings is 2. The van der Waals surface area contributed by atoms with Gasteiger partial charge in [-0.15, -0.1) is 0 Å². The van der Waals surface area contributed by atoms with Gasteiger partial charge in [-0.25, -0.2) is 0 Å². The Morgan fingerprint density at radius 3 is 1.26 bits per heavy atom. The Morgan fingerprint density at radius 1 is 0.739 bits per heavy atom. The number of hydrogen-bond acceptors (Lipinski definition) is 2. The van der Waals surface area contributed by atoms with Crippen molar-refractivity contribution in [3.05, 3.63) is 63.2 Å². The largest absolute Gasteiger partial charge is 0.497 e. The van der Waals surface area contributed by atoms with Crippen LogP contribution in [0.5, 0.6) is 11.5 Å². The van der Waals surface area contributed by atoms with Gasteiger partial charge in [-0.3, -0.25) is 0 Å². The number of ether oxygens (including phenoxy) is 2. The molecule has 0 aliphatic rings. The van der Waals surface area contributed by atoms with Crippen molar-refractivity contribution in [3.8, 4) is 11.5 Å². The van der Waals surface area contributed by atoms with Crippen molar-refractivity contribution in [2.75, 3.05) is 14.2 Å². The molecule has 120 valence electrons. The van der Waals surface area contributed by atoms with Crippen molar-refractivity contribution in [1.82, 2.24) is 0 Å². The minimum atomic E-state index is 0.570. The third-order valence-electron chi connectivity index (χ3n) is 4.06. The maximum absolute atomic E-state index is 9.71. The molecule has 2 aromatic rings. The number of nitrogens with zero attached hydrogens (tertiary/aromatic N) is 2. The van der Waals surface area contributed by atoms with E-state index in [9.17, 15) is 5.53 Å². The van der Waals surface area contributed by atoms with Crippen LogP contribution in [0.15, 0.2) is 24.3 Å². The van der Waals surface area contributed by atoms with Gasteiger partial charge in [0.1, 0.15) is 11.5 Å². The molecule has 0 aromatic heterocycles. The highest BCUT2D eigenvalue weighted by Crippen LogP contribution is 2.28. The van der Waals surface area contributed by atoms with Crippen molar-refractivity contribution in [2.24, 2.45) is 0 Å². The third-order valence-corrected chi connectivity index (χ3v) is 4.06. The molecule has 2 rings (SSSR count). The minimum absolute atomic E-state index is 0.570. The first-order chi connectivity index (χ1) is 10.9. The monoisotopic (exact) mass is 310 g/mol. The predicted molar refractivity (Wildman–Crippen MR) is 91.8 cm³/mol. The van der Waals surface area contributed by atoms with Gasteiger partial charge in [0, 0.05) is 0 Å². The van der Waals surface area contributed by atoms with Crippen LogP contribution in [-0.4, -0.2) is 24.7 Å². The molecule has 0 fully saturated rings. The molecule has 0 amide bonds. The van der Waals surface area contributed by atoms with E-state index in [1.807, 2.05) is 52.0 Å². The molecule has 23 heavy (non-hydrogen) atoms. The SMILES string of the molecule is COc1cc(C)c(C(=[N+]=[N-])c2c(C)cc(OC)cc2C)c(C)c1. The summed E-state index contributed by atoms with van der Waals surface area (Å²) >= 11 is 0. The normalized spacial score (nSPS) is 10.2. The number of methoxy groups -OCH3 is 2. The van der Waals surface area contributed by atoms with E-state index in [-0.39, 0.29) is 0 Å². The molecule has 0 bridgehead atoms. The molecule has 0 aliphatic heterocycles. The first-order valence-corrected chi connectivity index (χ1v) is 7.46. The fourth-order valence-electron chi connectivity index (χ4n) is 3.06. The summed E-state index contributed by atoms with van der Waals surface area (Å²) in [5.74, 6) is 1.59. The highest BCUT2D eigenvalue weighted by atomic mass is 16.5. The highest BCUT2D eigenvalue weighted by Gasteiger charge is 2.25. The maximum atomic E-state index is 9.71. The van der Waals surface area contributed by atoms with E-state index in [0.717, 1.165) is 44.9 Å². The molecular formula is C19H22N2O2. The number of hydrogen-bond donors (Lipinski definition) is 0. The molecule has 4 heteroatoms. The van der Waals surface area contributed by atoms with E-state index < -0.39 is 0 Å². The van der Waals surface area contributed by atoms with Crippen LogP contribution in [0.25, 0.3) is 5.53 Å². The molecule has 0 atom stereocenters. The first kappa shape index (κ1) is 16.8. The molecule has 0 spiro atoms. The quantitative estimate of drug-likeness (QED) is 0.487. The van der Waals surface area contributed by atoms with Gasteiger partial charge in [0.15, 0.2) is 0 Å². The summed E-state index contributed by atoms with van der Waals surface area (Å²) in [5, 5.41) is 0. The summed E-state index contributed by atoms with van der Waals surface area (Å²) in [6, 6.07) is 7.78. The van der Waals surface area contributed by atoms with Gasteiger partial charge in [0.2, 0.25) is 0 Å². The molecule has 0 saturated carbocycles. The Hall–Kier alpha value is -2.58. The van der Waals surface area contributed by atoms with Crippen molar-refractivity contribution < 1.29 is 14.3 Å². The summed E-state index contributed by atoms with van der Waals surface area (Å²) < 4.78 is 10.6. The van der Waals surface area contributed by atoms with Crippen molar-refractivity contribution in [2.45, 2.75) is 27.7 Å². The van der Waals surface area contributed by atoms with Crippen LogP contribution in [-0.2, 0) is 0 Å². The Labute approximate surface area is 137 Å². The summed E-state index contributed by atoms with van der Waals surface area (Å²) in [5.41, 5.74) is 16.1. The van der Waals surface area contributed by atoms with E-state index in [1.54, 1.807) is 14.2 Å². The van der Waals surface area contributed by atoms with Crippen molar-refractivity contribution >= 4 is 5.71 Å². The lowest BCUT2D eigenvalue weighted by Gasteiger charge is -2.13. The summed E-state index contributed by atoms with van der Waals surface area (Å²) in [7, 11) is 3.29. The maximum Gasteiger partial charge on any atom is 0.330 e. The standard InChI is InChI=1S/C19H22N2O2/c1-11-7-15(22-5)8-12(2)17(11)19(21-20)18-13(3)9-16(23-6)10-14(18)4/h7-10H,1-6H3. The third kappa shape index (κ3) is 3.13.